The molecule has 26 heavy (non-hydrogen) atoms. The molecule has 1 atom stereocenters. The maximum Gasteiger partial charge on any atom is 0.256 e. The highest BCUT2D eigenvalue weighted by molar-refractivity contribution is 5.99. The van der Waals surface area contributed by atoms with Crippen LogP contribution < -0.4 is 5.32 Å². The number of fused-ring (bicyclic) bond motifs is 5. The zero-order valence-corrected chi connectivity index (χ0v) is 13.9. The zero-order valence-electron chi connectivity index (χ0n) is 13.9. The lowest BCUT2D eigenvalue weighted by Gasteiger charge is -2.39. The molecule has 2 aliphatic heterocycles. The maximum atomic E-state index is 13.7. The van der Waals surface area contributed by atoms with Crippen molar-refractivity contribution >= 4 is 5.91 Å². The van der Waals surface area contributed by atoms with E-state index in [2.05, 4.69) is 20.4 Å². The van der Waals surface area contributed by atoms with E-state index < -0.39 is 5.82 Å². The summed E-state index contributed by atoms with van der Waals surface area (Å²) in [6.07, 6.45) is 2.44. The minimum absolute atomic E-state index is 0.137. The van der Waals surface area contributed by atoms with Gasteiger partial charge in [0.25, 0.3) is 5.91 Å². The molecule has 0 saturated carbocycles. The zero-order chi connectivity index (χ0) is 17.8. The van der Waals surface area contributed by atoms with Crippen LogP contribution in [0.1, 0.15) is 34.4 Å². The molecular weight excluding hydrogens is 339 g/mol. The fraction of sp³-hybridized carbons (Fsp3) is 0.294. The van der Waals surface area contributed by atoms with Gasteiger partial charge < -0.3 is 14.7 Å². The lowest BCUT2D eigenvalue weighted by Crippen LogP contribution is -2.44. The summed E-state index contributed by atoms with van der Waals surface area (Å²) in [5.41, 5.74) is 2.35. The van der Waals surface area contributed by atoms with Crippen molar-refractivity contribution in [3.63, 3.8) is 0 Å². The second-order valence-corrected chi connectivity index (χ2v) is 6.35. The van der Waals surface area contributed by atoms with Crippen LogP contribution >= 0.6 is 0 Å². The van der Waals surface area contributed by atoms with Crippen LogP contribution in [0.5, 0.6) is 0 Å². The fourth-order valence-electron chi connectivity index (χ4n) is 3.57. The Morgan fingerprint density at radius 1 is 1.42 bits per heavy atom. The van der Waals surface area contributed by atoms with Crippen LogP contribution in [0.25, 0.3) is 17.2 Å². The minimum atomic E-state index is -0.437. The molecule has 1 amide bonds. The average Bonchev–Trinajstić information content (AvgIpc) is 3.20. The smallest absolute Gasteiger partial charge is 0.256 e. The summed E-state index contributed by atoms with van der Waals surface area (Å²) in [7, 11) is 1.79. The first-order chi connectivity index (χ1) is 12.7. The van der Waals surface area contributed by atoms with E-state index in [1.807, 2.05) is 4.57 Å². The average molecular weight is 354 g/mol. The van der Waals surface area contributed by atoms with Gasteiger partial charge in [-0.05, 0) is 31.7 Å². The highest BCUT2D eigenvalue weighted by atomic mass is 19.1. The first-order valence-corrected chi connectivity index (χ1v) is 8.33. The largest absolute Gasteiger partial charge is 0.337 e. The van der Waals surface area contributed by atoms with E-state index in [1.165, 1.54) is 12.1 Å². The van der Waals surface area contributed by atoms with Crippen LogP contribution in [0.4, 0.5) is 4.39 Å². The number of hydrogen-bond donors (Lipinski definition) is 1. The summed E-state index contributed by atoms with van der Waals surface area (Å²) < 4.78 is 20.8. The number of rotatable bonds is 3. The van der Waals surface area contributed by atoms with Gasteiger partial charge in [0.15, 0.2) is 0 Å². The van der Waals surface area contributed by atoms with Gasteiger partial charge in [-0.25, -0.2) is 9.37 Å². The number of nitrogens with one attached hydrogen (secondary N) is 1. The first-order valence-electron chi connectivity index (χ1n) is 8.33. The number of aromatic nitrogens is 4. The van der Waals surface area contributed by atoms with Crippen molar-refractivity contribution in [2.45, 2.75) is 19.0 Å². The van der Waals surface area contributed by atoms with Crippen molar-refractivity contribution in [1.29, 1.82) is 0 Å². The maximum absolute atomic E-state index is 13.7. The number of halogens is 1. The van der Waals surface area contributed by atoms with E-state index in [4.69, 9.17) is 4.52 Å². The molecule has 1 saturated heterocycles. The van der Waals surface area contributed by atoms with Crippen molar-refractivity contribution in [2.24, 2.45) is 0 Å². The number of carbonyl (C=O) groups excluding carboxylic acids is 1. The van der Waals surface area contributed by atoms with E-state index in [0.717, 1.165) is 12.1 Å². The predicted molar refractivity (Wildman–Crippen MR) is 88.0 cm³/mol. The molecule has 5 rings (SSSR count). The molecule has 8 nitrogen and oxygen atoms in total. The number of hydrogen-bond acceptors (Lipinski definition) is 6. The first kappa shape index (κ1) is 15.2. The molecule has 3 aromatic rings. The molecule has 2 aromatic heterocycles. The number of nitrogens with zero attached hydrogens (tertiary/aromatic N) is 5. The normalized spacial score (nSPS) is 18.0. The van der Waals surface area contributed by atoms with E-state index in [-0.39, 0.29) is 11.9 Å². The molecule has 0 bridgehead atoms. The Balaban J connectivity index is 1.70. The molecule has 0 radical (unpaired) electrons. The van der Waals surface area contributed by atoms with Crippen molar-refractivity contribution in [3.05, 3.63) is 47.5 Å². The van der Waals surface area contributed by atoms with Crippen LogP contribution in [0, 0.1) is 5.82 Å². The van der Waals surface area contributed by atoms with E-state index in [1.54, 1.807) is 24.3 Å². The third kappa shape index (κ3) is 2.03. The Hall–Kier alpha value is -3.07. The molecule has 0 aliphatic carbocycles. The topological polar surface area (TPSA) is 89.1 Å². The van der Waals surface area contributed by atoms with Crippen molar-refractivity contribution < 1.29 is 13.7 Å². The Kier molecular flexibility index (Phi) is 3.20. The Morgan fingerprint density at radius 3 is 3.08 bits per heavy atom. The second-order valence-electron chi connectivity index (χ2n) is 6.35. The van der Waals surface area contributed by atoms with E-state index >= 15 is 0 Å². The Labute approximate surface area is 147 Å². The van der Waals surface area contributed by atoms with Gasteiger partial charge in [0, 0.05) is 6.54 Å². The third-order valence-corrected chi connectivity index (χ3v) is 4.86. The lowest BCUT2D eigenvalue weighted by molar-refractivity contribution is 0.0461. The number of amides is 1. The molecule has 132 valence electrons. The van der Waals surface area contributed by atoms with E-state index in [9.17, 15) is 9.18 Å². The third-order valence-electron chi connectivity index (χ3n) is 4.86. The molecule has 1 fully saturated rings. The molecule has 9 heteroatoms. The molecule has 2 aliphatic rings. The summed E-state index contributed by atoms with van der Waals surface area (Å²) >= 11 is 0. The standard InChI is InChI=1S/C17H15FN6O2/c1-19-7-13-21-16(22-26-13)14-15-12-4-5-23(12)17(25)10-6-9(18)2-3-11(10)24(15)8-20-14/h2-3,6,8,12,19H,4-5,7H2,1H3/t12-/m0/s1. The van der Waals surface area contributed by atoms with Gasteiger partial charge in [0.05, 0.1) is 29.5 Å². The SMILES string of the molecule is CNCc1nc(-c2ncn3c2[C@@H]2CCN2C(=O)c2cc(F)ccc2-3)no1. The van der Waals surface area contributed by atoms with Crippen molar-refractivity contribution in [1.82, 2.24) is 29.9 Å². The Morgan fingerprint density at radius 2 is 2.31 bits per heavy atom. The summed E-state index contributed by atoms with van der Waals surface area (Å²) in [6.45, 7) is 1.08. The fourth-order valence-corrected chi connectivity index (χ4v) is 3.57. The lowest BCUT2D eigenvalue weighted by atomic mass is 9.97. The molecule has 1 N–H and O–H groups in total. The molecule has 0 spiro atoms. The monoisotopic (exact) mass is 354 g/mol. The van der Waals surface area contributed by atoms with Crippen LogP contribution in [0.15, 0.2) is 29.0 Å². The summed E-state index contributed by atoms with van der Waals surface area (Å²) in [5.74, 6) is 0.234. The number of imidazole rings is 1. The van der Waals surface area contributed by atoms with Crippen LogP contribution in [0.3, 0.4) is 0 Å². The van der Waals surface area contributed by atoms with Crippen molar-refractivity contribution in [3.8, 4) is 17.2 Å². The minimum Gasteiger partial charge on any atom is -0.337 e. The summed E-state index contributed by atoms with van der Waals surface area (Å²) in [5, 5.41) is 6.98. The van der Waals surface area contributed by atoms with Gasteiger partial charge in [-0.2, -0.15) is 4.98 Å². The molecule has 0 unspecified atom stereocenters. The molecular formula is C17H15FN6O2. The molecule has 4 heterocycles. The van der Waals surface area contributed by atoms with Gasteiger partial charge in [0.2, 0.25) is 11.7 Å². The predicted octanol–water partition coefficient (Wildman–Crippen LogP) is 1.68. The van der Waals surface area contributed by atoms with Gasteiger partial charge in [0.1, 0.15) is 17.8 Å². The highest BCUT2D eigenvalue weighted by Gasteiger charge is 2.42. The van der Waals surface area contributed by atoms with Crippen LogP contribution in [0.2, 0.25) is 0 Å². The second kappa shape index (κ2) is 5.46. The highest BCUT2D eigenvalue weighted by Crippen LogP contribution is 2.43. The van der Waals surface area contributed by atoms with Gasteiger partial charge in [-0.1, -0.05) is 5.16 Å². The van der Waals surface area contributed by atoms with Gasteiger partial charge in [-0.15, -0.1) is 0 Å². The number of carbonyl (C=O) groups is 1. The number of benzene rings is 1. The summed E-state index contributed by atoms with van der Waals surface area (Å²) in [6, 6.07) is 4.09. The quantitative estimate of drug-likeness (QED) is 0.770. The summed E-state index contributed by atoms with van der Waals surface area (Å²) in [4.78, 5) is 23.4. The van der Waals surface area contributed by atoms with Gasteiger partial charge in [-0.3, -0.25) is 9.36 Å². The van der Waals surface area contributed by atoms with Crippen molar-refractivity contribution in [2.75, 3.05) is 13.6 Å². The molecule has 1 aromatic carbocycles. The van der Waals surface area contributed by atoms with Gasteiger partial charge >= 0.3 is 0 Å². The Bertz CT molecular complexity index is 1030. The van der Waals surface area contributed by atoms with Crippen LogP contribution in [-0.2, 0) is 6.54 Å². The van der Waals surface area contributed by atoms with E-state index in [0.29, 0.717) is 41.7 Å². The van der Waals surface area contributed by atoms with Crippen LogP contribution in [-0.4, -0.2) is 44.1 Å².